The molecule has 222 valence electrons. The number of allylic oxidation sites excluding steroid dienone is 1. The number of aliphatic hydroxyl groups is 1. The van der Waals surface area contributed by atoms with Gasteiger partial charge in [-0.25, -0.2) is 4.68 Å². The van der Waals surface area contributed by atoms with Crippen LogP contribution in [0.4, 0.5) is 11.4 Å². The van der Waals surface area contributed by atoms with E-state index in [1.165, 1.54) is 5.69 Å². The number of H-pyrrole nitrogens is 2. The Morgan fingerprint density at radius 3 is 2.28 bits per heavy atom. The number of alkyl halides is 1. The normalized spacial score (nSPS) is 14.9. The average molecular weight is 600 g/mol. The van der Waals surface area contributed by atoms with Crippen molar-refractivity contribution >= 4 is 46.2 Å². The van der Waals surface area contributed by atoms with Crippen molar-refractivity contribution in [1.82, 2.24) is 19.7 Å². The number of amidine groups is 1. The minimum atomic E-state index is -0.576. The largest absolute Gasteiger partial charge is 0.387 e. The molecule has 2 aromatic heterocycles. The molecule has 5 N–H and O–H groups in total. The van der Waals surface area contributed by atoms with Gasteiger partial charge >= 0.3 is 0 Å². The van der Waals surface area contributed by atoms with Gasteiger partial charge in [-0.15, -0.1) is 11.6 Å². The second-order valence-corrected chi connectivity index (χ2v) is 10.4. The van der Waals surface area contributed by atoms with Crippen LogP contribution in [0.5, 0.6) is 0 Å². The van der Waals surface area contributed by atoms with Crippen LogP contribution in [0, 0.1) is 0 Å². The first-order valence-electron chi connectivity index (χ1n) is 14.0. The first kappa shape index (κ1) is 29.7. The van der Waals surface area contributed by atoms with E-state index in [0.29, 0.717) is 17.9 Å². The molecule has 5 rings (SSSR count). The highest BCUT2D eigenvalue weighted by Gasteiger charge is 2.22. The molecule has 0 saturated carbocycles. The van der Waals surface area contributed by atoms with Crippen molar-refractivity contribution in [2.24, 2.45) is 4.99 Å². The van der Waals surface area contributed by atoms with Crippen LogP contribution < -0.4 is 10.6 Å². The molecule has 1 aliphatic heterocycles. The highest BCUT2D eigenvalue weighted by atomic mass is 35.5. The first-order chi connectivity index (χ1) is 20.9. The number of carbonyl (C=O) groups excluding carboxylic acids is 2. The van der Waals surface area contributed by atoms with Gasteiger partial charge in [0.2, 0.25) is 11.8 Å². The van der Waals surface area contributed by atoms with Crippen LogP contribution in [0.15, 0.2) is 89.7 Å². The standard InChI is InChI=1S/C32H34ClN7O3/c1-3-4-25-19-40(38-25)29-15-13-26(37-29)32(22-7-11-24(12-8-22)36-31(43)20-41)27-14-16-28(39(27)2)34-18-21-5-9-23(10-6-21)35-30(42)17-33/h5-16,19,37-38,41H,3-4,17-18,20H2,1-2H3,(H,35,42)(H,36,43). The third-order valence-corrected chi connectivity index (χ3v) is 7.25. The zero-order valence-corrected chi connectivity index (χ0v) is 24.8. The minimum absolute atomic E-state index is 0.0911. The number of likely N-dealkylation sites (N-methyl/N-ethyl adjacent to an activating group) is 1. The molecule has 2 amide bonds. The van der Waals surface area contributed by atoms with E-state index in [1.807, 2.05) is 89.4 Å². The monoisotopic (exact) mass is 599 g/mol. The lowest BCUT2D eigenvalue weighted by atomic mass is 10.00. The highest BCUT2D eigenvalue weighted by Crippen LogP contribution is 2.32. The molecule has 0 bridgehead atoms. The topological polar surface area (TPSA) is 131 Å². The van der Waals surface area contributed by atoms with E-state index in [1.54, 1.807) is 0 Å². The summed E-state index contributed by atoms with van der Waals surface area (Å²) >= 11 is 5.57. The molecule has 0 atom stereocenters. The Bertz CT molecular complexity index is 1660. The lowest BCUT2D eigenvalue weighted by Gasteiger charge is -2.20. The SMILES string of the molecule is CCCc1cn(-c2ccc(C(=C3C=CC(=NCc4ccc(NC(=O)CCl)cc4)N3C)c3ccc(NC(=O)CO)cc3)[nH]2)[nH]1. The number of benzene rings is 2. The predicted octanol–water partition coefficient (Wildman–Crippen LogP) is 5.05. The molecule has 43 heavy (non-hydrogen) atoms. The molecule has 0 saturated heterocycles. The molecule has 1 aliphatic rings. The second-order valence-electron chi connectivity index (χ2n) is 10.1. The molecular formula is C32H34ClN7O3. The second kappa shape index (κ2) is 13.5. The zero-order valence-electron chi connectivity index (χ0n) is 24.0. The van der Waals surface area contributed by atoms with E-state index in [2.05, 4.69) is 33.8 Å². The lowest BCUT2D eigenvalue weighted by Crippen LogP contribution is -2.20. The van der Waals surface area contributed by atoms with Gasteiger partial charge < -0.3 is 25.6 Å². The van der Waals surface area contributed by atoms with E-state index in [-0.39, 0.29) is 11.8 Å². The van der Waals surface area contributed by atoms with Crippen LogP contribution in [-0.2, 0) is 22.6 Å². The van der Waals surface area contributed by atoms with Crippen LogP contribution in [-0.4, -0.2) is 62.0 Å². The van der Waals surface area contributed by atoms with E-state index >= 15 is 0 Å². The van der Waals surface area contributed by atoms with Crippen molar-refractivity contribution in [1.29, 1.82) is 0 Å². The van der Waals surface area contributed by atoms with E-state index in [9.17, 15) is 9.59 Å². The number of halogens is 1. The van der Waals surface area contributed by atoms with Crippen molar-refractivity contribution in [3.63, 3.8) is 0 Å². The summed E-state index contributed by atoms with van der Waals surface area (Å²) in [6, 6.07) is 19.1. The van der Waals surface area contributed by atoms with Crippen molar-refractivity contribution < 1.29 is 14.7 Å². The number of aromatic nitrogens is 3. The number of anilines is 2. The molecule has 10 nitrogen and oxygen atoms in total. The number of aliphatic hydroxyl groups excluding tert-OH is 1. The van der Waals surface area contributed by atoms with E-state index < -0.39 is 12.5 Å². The highest BCUT2D eigenvalue weighted by molar-refractivity contribution is 6.29. The number of aryl methyl sites for hydroxylation is 1. The summed E-state index contributed by atoms with van der Waals surface area (Å²) in [5.41, 5.74) is 7.27. The first-order valence-corrected chi connectivity index (χ1v) is 14.5. The number of aliphatic imine (C=N–C) groups is 1. The summed E-state index contributed by atoms with van der Waals surface area (Å²) in [5, 5.41) is 17.9. The Hall–Kier alpha value is -4.80. The van der Waals surface area contributed by atoms with Gasteiger partial charge in [0, 0.05) is 35.9 Å². The number of carbonyl (C=O) groups is 2. The van der Waals surface area contributed by atoms with Gasteiger partial charge in [-0.3, -0.25) is 19.7 Å². The quantitative estimate of drug-likeness (QED) is 0.154. The maximum absolute atomic E-state index is 11.7. The fourth-order valence-electron chi connectivity index (χ4n) is 4.83. The summed E-state index contributed by atoms with van der Waals surface area (Å²) in [5.74, 6) is 0.921. The van der Waals surface area contributed by atoms with Gasteiger partial charge in [-0.05, 0) is 66.1 Å². The molecule has 0 fully saturated rings. The third-order valence-electron chi connectivity index (χ3n) is 7.00. The van der Waals surface area contributed by atoms with E-state index in [0.717, 1.165) is 52.6 Å². The Morgan fingerprint density at radius 2 is 1.63 bits per heavy atom. The number of hydrogen-bond acceptors (Lipinski definition) is 4. The smallest absolute Gasteiger partial charge is 0.250 e. The van der Waals surface area contributed by atoms with Gasteiger partial charge in [0.15, 0.2) is 0 Å². The summed E-state index contributed by atoms with van der Waals surface area (Å²) in [6.07, 6.45) is 8.21. The van der Waals surface area contributed by atoms with Crippen molar-refractivity contribution in [3.8, 4) is 5.82 Å². The van der Waals surface area contributed by atoms with Crippen molar-refractivity contribution in [2.75, 3.05) is 30.2 Å². The van der Waals surface area contributed by atoms with Crippen LogP contribution in [0.1, 0.15) is 35.9 Å². The molecule has 0 radical (unpaired) electrons. The summed E-state index contributed by atoms with van der Waals surface area (Å²) < 4.78 is 1.97. The molecule has 4 aromatic rings. The molecule has 0 spiro atoms. The van der Waals surface area contributed by atoms with Gasteiger partial charge in [0.1, 0.15) is 24.1 Å². The Labute approximate surface area is 254 Å². The van der Waals surface area contributed by atoms with Crippen molar-refractivity contribution in [3.05, 3.63) is 107 Å². The van der Waals surface area contributed by atoms with Gasteiger partial charge in [-0.2, -0.15) is 0 Å². The van der Waals surface area contributed by atoms with Crippen molar-refractivity contribution in [2.45, 2.75) is 26.3 Å². The fraction of sp³-hybridized carbons (Fsp3) is 0.219. The predicted molar refractivity (Wildman–Crippen MR) is 170 cm³/mol. The van der Waals surface area contributed by atoms with Gasteiger partial charge in [0.05, 0.1) is 17.9 Å². The minimum Gasteiger partial charge on any atom is -0.387 e. The molecule has 0 unspecified atom stereocenters. The molecule has 11 heteroatoms. The molecule has 3 heterocycles. The maximum atomic E-state index is 11.7. The van der Waals surface area contributed by atoms with Gasteiger partial charge in [0.25, 0.3) is 0 Å². The van der Waals surface area contributed by atoms with E-state index in [4.69, 9.17) is 21.7 Å². The number of hydrogen-bond donors (Lipinski definition) is 5. The number of nitrogens with zero attached hydrogens (tertiary/aromatic N) is 3. The fourth-order valence-corrected chi connectivity index (χ4v) is 4.89. The third kappa shape index (κ3) is 6.99. The maximum Gasteiger partial charge on any atom is 0.250 e. The zero-order chi connectivity index (χ0) is 30.3. The average Bonchev–Trinajstić information content (AvgIpc) is 3.62. The Morgan fingerprint density at radius 1 is 0.953 bits per heavy atom. The van der Waals surface area contributed by atoms with Crippen LogP contribution in [0.2, 0.25) is 0 Å². The summed E-state index contributed by atoms with van der Waals surface area (Å²) in [6.45, 7) is 2.05. The van der Waals surface area contributed by atoms with Gasteiger partial charge in [-0.1, -0.05) is 37.6 Å². The number of amides is 2. The van der Waals surface area contributed by atoms with Crippen LogP contribution >= 0.6 is 11.6 Å². The molecule has 2 aromatic carbocycles. The lowest BCUT2D eigenvalue weighted by molar-refractivity contribution is -0.118. The molecule has 0 aliphatic carbocycles. The van der Waals surface area contributed by atoms with Crippen LogP contribution in [0.3, 0.4) is 0 Å². The van der Waals surface area contributed by atoms with Crippen LogP contribution in [0.25, 0.3) is 11.4 Å². The number of aromatic amines is 2. The molecular weight excluding hydrogens is 566 g/mol. The summed E-state index contributed by atoms with van der Waals surface area (Å²) in [7, 11) is 1.98. The Balaban J connectivity index is 1.42. The Kier molecular flexibility index (Phi) is 9.29. The number of nitrogens with one attached hydrogen (secondary N) is 4. The number of rotatable bonds is 11. The summed E-state index contributed by atoms with van der Waals surface area (Å²) in [4.78, 5) is 33.6.